The zero-order valence-corrected chi connectivity index (χ0v) is 7.73. The summed E-state index contributed by atoms with van der Waals surface area (Å²) in [6.45, 7) is 8.58. The lowest BCUT2D eigenvalue weighted by Gasteiger charge is -2.19. The van der Waals surface area contributed by atoms with Crippen LogP contribution in [0.5, 0.6) is 0 Å². The van der Waals surface area contributed by atoms with Crippen LogP contribution in [0.25, 0.3) is 0 Å². The predicted molar refractivity (Wildman–Crippen MR) is 42.8 cm³/mol. The highest BCUT2D eigenvalue weighted by atomic mass is 28.3. The van der Waals surface area contributed by atoms with Crippen LogP contribution in [-0.2, 0) is 0 Å². The van der Waals surface area contributed by atoms with Crippen molar-refractivity contribution in [3.63, 3.8) is 0 Å². The van der Waals surface area contributed by atoms with Crippen LogP contribution in [0.15, 0.2) is 0 Å². The average molecular weight is 141 g/mol. The number of hydrogen-bond donors (Lipinski definition) is 0. The molecule has 0 aliphatic rings. The minimum absolute atomic E-state index is 0.641. The second-order valence-electron chi connectivity index (χ2n) is 3.14. The van der Waals surface area contributed by atoms with Gasteiger partial charge in [-0.15, -0.1) is 0 Å². The number of hydrogen-bond acceptors (Lipinski definition) is 1. The summed E-state index contributed by atoms with van der Waals surface area (Å²) in [6, 6.07) is 0. The normalized spacial score (nSPS) is 14.6. The molecule has 0 saturated carbocycles. The van der Waals surface area contributed by atoms with Crippen LogP contribution in [-0.4, -0.2) is 8.07 Å². The summed E-state index contributed by atoms with van der Waals surface area (Å²) in [7, 11) is -1.48. The fourth-order valence-corrected chi connectivity index (χ4v) is 1.86. The van der Waals surface area contributed by atoms with E-state index in [1.165, 1.54) is 0 Å². The smallest absolute Gasteiger partial charge is 0.170 e. The topological polar surface area (TPSA) is 23.8 Å². The molecule has 1 unspecified atom stereocenters. The third kappa shape index (κ3) is 2.19. The van der Waals surface area contributed by atoms with E-state index >= 15 is 0 Å². The molecule has 2 heteroatoms. The maximum Gasteiger partial charge on any atom is 0.170 e. The molecule has 52 valence electrons. The van der Waals surface area contributed by atoms with Crippen molar-refractivity contribution in [3.8, 4) is 5.69 Å². The SMILES string of the molecule is CCC(C)[Si](C)(C)C#N. The van der Waals surface area contributed by atoms with Gasteiger partial charge in [-0.05, 0) is 5.54 Å². The average Bonchev–Trinajstić information content (AvgIpc) is 1.86. The molecule has 0 spiro atoms. The molecule has 0 radical (unpaired) electrons. The molecule has 1 nitrogen and oxygen atoms in total. The van der Waals surface area contributed by atoms with Crippen LogP contribution < -0.4 is 0 Å². The van der Waals surface area contributed by atoms with E-state index in [2.05, 4.69) is 32.6 Å². The van der Waals surface area contributed by atoms with Gasteiger partial charge >= 0.3 is 0 Å². The van der Waals surface area contributed by atoms with Gasteiger partial charge in [0.05, 0.1) is 0 Å². The molecule has 0 aliphatic carbocycles. The summed E-state index contributed by atoms with van der Waals surface area (Å²) in [6.07, 6.45) is 1.15. The zero-order chi connectivity index (χ0) is 7.49. The van der Waals surface area contributed by atoms with Crippen molar-refractivity contribution in [2.24, 2.45) is 0 Å². The Balaban J connectivity index is 4.01. The Morgan fingerprint density at radius 3 is 2.11 bits per heavy atom. The fourth-order valence-electron chi connectivity index (χ4n) is 0.621. The molecule has 0 N–H and O–H groups in total. The van der Waals surface area contributed by atoms with Gasteiger partial charge in [-0.1, -0.05) is 33.4 Å². The van der Waals surface area contributed by atoms with Gasteiger partial charge in [0.25, 0.3) is 0 Å². The number of nitriles is 1. The minimum Gasteiger partial charge on any atom is -0.207 e. The fraction of sp³-hybridized carbons (Fsp3) is 0.857. The maximum absolute atomic E-state index is 8.71. The Kier molecular flexibility index (Phi) is 2.93. The predicted octanol–water partition coefficient (Wildman–Crippen LogP) is 2.56. The van der Waals surface area contributed by atoms with Crippen LogP contribution in [0.3, 0.4) is 0 Å². The van der Waals surface area contributed by atoms with Crippen molar-refractivity contribution in [2.75, 3.05) is 0 Å². The van der Waals surface area contributed by atoms with E-state index in [0.29, 0.717) is 5.54 Å². The summed E-state index contributed by atoms with van der Waals surface area (Å²) < 4.78 is 0. The maximum atomic E-state index is 8.71. The van der Waals surface area contributed by atoms with E-state index in [4.69, 9.17) is 5.26 Å². The Labute approximate surface area is 58.7 Å². The van der Waals surface area contributed by atoms with E-state index in [-0.39, 0.29) is 0 Å². The molecule has 1 atom stereocenters. The Bertz CT molecular complexity index is 123. The molecule has 0 amide bonds. The van der Waals surface area contributed by atoms with Gasteiger partial charge in [0.1, 0.15) is 0 Å². The molecule has 0 saturated heterocycles. The third-order valence-corrected chi connectivity index (χ3v) is 5.58. The van der Waals surface area contributed by atoms with Gasteiger partial charge in [-0.2, -0.15) is 0 Å². The zero-order valence-electron chi connectivity index (χ0n) is 6.73. The monoisotopic (exact) mass is 141 g/mol. The summed E-state index contributed by atoms with van der Waals surface area (Å²) in [5.74, 6) is 0. The van der Waals surface area contributed by atoms with Crippen LogP contribution in [0.4, 0.5) is 0 Å². The molecule has 0 heterocycles. The highest BCUT2D eigenvalue weighted by molar-refractivity contribution is 6.85. The Hall–Kier alpha value is -0.293. The van der Waals surface area contributed by atoms with Crippen LogP contribution in [0, 0.1) is 11.0 Å². The van der Waals surface area contributed by atoms with E-state index in [1.807, 2.05) is 0 Å². The molecule has 0 aliphatic heterocycles. The first-order chi connectivity index (χ1) is 4.04. The third-order valence-electron chi connectivity index (χ3n) is 2.13. The number of rotatable bonds is 2. The van der Waals surface area contributed by atoms with Gasteiger partial charge in [-0.3, -0.25) is 0 Å². The second-order valence-corrected chi connectivity index (χ2v) is 7.80. The van der Waals surface area contributed by atoms with E-state index < -0.39 is 8.07 Å². The summed E-state index contributed by atoms with van der Waals surface area (Å²) in [4.78, 5) is 0. The van der Waals surface area contributed by atoms with Crippen LogP contribution >= 0.6 is 0 Å². The molecule has 0 rings (SSSR count). The summed E-state index contributed by atoms with van der Waals surface area (Å²) in [5.41, 5.74) is 3.07. The molecule has 0 aromatic rings. The van der Waals surface area contributed by atoms with Crippen molar-refractivity contribution in [1.82, 2.24) is 0 Å². The van der Waals surface area contributed by atoms with Crippen molar-refractivity contribution < 1.29 is 0 Å². The van der Waals surface area contributed by atoms with Gasteiger partial charge < -0.3 is 0 Å². The lowest BCUT2D eigenvalue weighted by molar-refractivity contribution is 0.848. The molecule has 0 aromatic heterocycles. The first-order valence-electron chi connectivity index (χ1n) is 3.45. The highest BCUT2D eigenvalue weighted by Crippen LogP contribution is 2.22. The van der Waals surface area contributed by atoms with E-state index in [0.717, 1.165) is 6.42 Å². The molecular formula is C7H15NSi. The van der Waals surface area contributed by atoms with Crippen molar-refractivity contribution in [2.45, 2.75) is 38.9 Å². The molecule has 0 aromatic carbocycles. The molecule has 9 heavy (non-hydrogen) atoms. The molecule has 0 fully saturated rings. The van der Waals surface area contributed by atoms with Gasteiger partial charge in [0, 0.05) is 5.69 Å². The van der Waals surface area contributed by atoms with Crippen LogP contribution in [0.2, 0.25) is 18.6 Å². The van der Waals surface area contributed by atoms with Crippen molar-refractivity contribution >= 4 is 8.07 Å². The van der Waals surface area contributed by atoms with Crippen molar-refractivity contribution in [1.29, 1.82) is 5.26 Å². The Morgan fingerprint density at radius 2 is 2.00 bits per heavy atom. The van der Waals surface area contributed by atoms with E-state index in [9.17, 15) is 0 Å². The van der Waals surface area contributed by atoms with Crippen LogP contribution in [0.1, 0.15) is 20.3 Å². The van der Waals surface area contributed by atoms with Gasteiger partial charge in [-0.25, -0.2) is 5.26 Å². The summed E-state index contributed by atoms with van der Waals surface area (Å²) in [5, 5.41) is 8.71. The van der Waals surface area contributed by atoms with Gasteiger partial charge in [0.2, 0.25) is 0 Å². The highest BCUT2D eigenvalue weighted by Gasteiger charge is 2.26. The van der Waals surface area contributed by atoms with E-state index in [1.54, 1.807) is 0 Å². The number of nitrogens with zero attached hydrogens (tertiary/aromatic N) is 1. The minimum atomic E-state index is -1.48. The lowest BCUT2D eigenvalue weighted by atomic mass is 10.4. The standard InChI is InChI=1S/C7H15NSi/c1-5-7(2)9(3,4)6-8/h7H,5H2,1-4H3. The molecule has 0 bridgehead atoms. The quantitative estimate of drug-likeness (QED) is 0.542. The van der Waals surface area contributed by atoms with Crippen molar-refractivity contribution in [3.05, 3.63) is 0 Å². The second kappa shape index (κ2) is 3.02. The van der Waals surface area contributed by atoms with Gasteiger partial charge in [0.15, 0.2) is 8.07 Å². The lowest BCUT2D eigenvalue weighted by Crippen LogP contribution is -2.28. The first-order valence-corrected chi connectivity index (χ1v) is 6.53. The molecular weight excluding hydrogens is 126 g/mol. The largest absolute Gasteiger partial charge is 0.207 e. The Morgan fingerprint density at radius 1 is 1.56 bits per heavy atom. The first kappa shape index (κ1) is 8.71. The summed E-state index contributed by atoms with van der Waals surface area (Å²) >= 11 is 0.